The summed E-state index contributed by atoms with van der Waals surface area (Å²) in [6, 6.07) is 8.36. The molecule has 3 nitrogen and oxygen atoms in total. The molecule has 0 bridgehead atoms. The van der Waals surface area contributed by atoms with Crippen LogP contribution in [0.1, 0.15) is 46.1 Å². The van der Waals surface area contributed by atoms with Gasteiger partial charge in [-0.15, -0.1) is 0 Å². The van der Waals surface area contributed by atoms with E-state index in [0.29, 0.717) is 12.5 Å². The van der Waals surface area contributed by atoms with Crippen LogP contribution in [-0.2, 0) is 11.2 Å². The van der Waals surface area contributed by atoms with Gasteiger partial charge in [-0.2, -0.15) is 0 Å². The number of aliphatic imine (C=N–C) groups is 1. The van der Waals surface area contributed by atoms with E-state index in [1.807, 2.05) is 26.0 Å². The molecule has 3 heteroatoms. The van der Waals surface area contributed by atoms with E-state index in [0.717, 1.165) is 48.6 Å². The summed E-state index contributed by atoms with van der Waals surface area (Å²) in [6.07, 6.45) is 7.08. The van der Waals surface area contributed by atoms with Crippen molar-refractivity contribution in [3.8, 4) is 5.75 Å². The monoisotopic (exact) mass is 355 g/mol. The Morgan fingerprint density at radius 3 is 2.46 bits per heavy atom. The van der Waals surface area contributed by atoms with Crippen molar-refractivity contribution < 1.29 is 9.47 Å². The molecule has 0 spiro atoms. The summed E-state index contributed by atoms with van der Waals surface area (Å²) >= 11 is 0. The average Bonchev–Trinajstić information content (AvgIpc) is 2.63. The molecule has 0 amide bonds. The molecule has 0 saturated carbocycles. The topological polar surface area (TPSA) is 30.8 Å². The van der Waals surface area contributed by atoms with Gasteiger partial charge in [0.25, 0.3) is 0 Å². The van der Waals surface area contributed by atoms with E-state index >= 15 is 0 Å². The summed E-state index contributed by atoms with van der Waals surface area (Å²) < 4.78 is 11.5. The van der Waals surface area contributed by atoms with Gasteiger partial charge in [-0.05, 0) is 63.1 Å². The molecular weight excluding hydrogens is 322 g/mol. The molecule has 0 aliphatic rings. The van der Waals surface area contributed by atoms with Gasteiger partial charge in [0.05, 0.1) is 13.2 Å². The zero-order chi connectivity index (χ0) is 19.4. The van der Waals surface area contributed by atoms with Gasteiger partial charge < -0.3 is 9.47 Å². The maximum absolute atomic E-state index is 5.82. The number of hydrogen-bond donors (Lipinski definition) is 0. The summed E-state index contributed by atoms with van der Waals surface area (Å²) in [5, 5.41) is 0. The Hall–Kier alpha value is -2.29. The molecule has 0 heterocycles. The smallest absolute Gasteiger partial charge is 0.124 e. The standard InChI is InChI=1S/C23H33NO2/c1-7-10-15-26-21-13-11-20(12-14-21)16-18(4)17-23(25-9-3)22(8-2)19(5)24-6/h8,11-14,17-18H,2,6-7,9-10,15-16H2,1,3-5H3/b22-19+,23-17-. The van der Waals surface area contributed by atoms with Crippen molar-refractivity contribution in [1.29, 1.82) is 0 Å². The SMILES string of the molecule is C=CC(/C(=C/C(C)Cc1ccc(OCCCC)cc1)OCC)=C(/C)N=C. The summed E-state index contributed by atoms with van der Waals surface area (Å²) in [5.41, 5.74) is 2.99. The van der Waals surface area contributed by atoms with Gasteiger partial charge in [-0.3, -0.25) is 4.99 Å². The van der Waals surface area contributed by atoms with E-state index in [1.165, 1.54) is 5.56 Å². The molecule has 0 radical (unpaired) electrons. The molecule has 1 rings (SSSR count). The molecule has 1 aromatic rings. The number of rotatable bonds is 12. The Labute approximate surface area is 159 Å². The Morgan fingerprint density at radius 1 is 1.23 bits per heavy atom. The molecule has 1 atom stereocenters. The Morgan fingerprint density at radius 2 is 1.92 bits per heavy atom. The van der Waals surface area contributed by atoms with E-state index in [-0.39, 0.29) is 0 Å². The van der Waals surface area contributed by atoms with Crippen molar-refractivity contribution in [2.75, 3.05) is 13.2 Å². The summed E-state index contributed by atoms with van der Waals surface area (Å²) in [5.74, 6) is 2.07. The molecule has 0 saturated heterocycles. The lowest BCUT2D eigenvalue weighted by molar-refractivity contribution is 0.235. The number of nitrogens with zero attached hydrogens (tertiary/aromatic N) is 1. The molecule has 0 fully saturated rings. The van der Waals surface area contributed by atoms with Crippen molar-refractivity contribution >= 4 is 6.72 Å². The fourth-order valence-electron chi connectivity index (χ4n) is 2.63. The summed E-state index contributed by atoms with van der Waals surface area (Å²) in [6.45, 7) is 17.1. The van der Waals surface area contributed by atoms with E-state index in [4.69, 9.17) is 9.47 Å². The maximum Gasteiger partial charge on any atom is 0.124 e. The number of benzene rings is 1. The molecule has 0 N–H and O–H groups in total. The van der Waals surface area contributed by atoms with Crippen LogP contribution in [0.15, 0.2) is 65.0 Å². The molecule has 0 aliphatic carbocycles. The average molecular weight is 356 g/mol. The third-order valence-corrected chi connectivity index (χ3v) is 4.08. The van der Waals surface area contributed by atoms with Gasteiger partial charge >= 0.3 is 0 Å². The van der Waals surface area contributed by atoms with Crippen LogP contribution in [0.25, 0.3) is 0 Å². The second kappa shape index (κ2) is 12.1. The van der Waals surface area contributed by atoms with Gasteiger partial charge in [0.2, 0.25) is 0 Å². The lowest BCUT2D eigenvalue weighted by Gasteiger charge is -2.15. The zero-order valence-electron chi connectivity index (χ0n) is 16.8. The fourth-order valence-corrected chi connectivity index (χ4v) is 2.63. The van der Waals surface area contributed by atoms with Crippen LogP contribution in [0.3, 0.4) is 0 Å². The number of allylic oxidation sites excluding steroid dienone is 3. The van der Waals surface area contributed by atoms with E-state index in [1.54, 1.807) is 6.08 Å². The van der Waals surface area contributed by atoms with Gasteiger partial charge in [0.1, 0.15) is 11.5 Å². The molecule has 142 valence electrons. The van der Waals surface area contributed by atoms with E-state index in [2.05, 4.69) is 50.3 Å². The van der Waals surface area contributed by atoms with Crippen LogP contribution in [0.4, 0.5) is 0 Å². The Bertz CT molecular complexity index is 626. The first-order valence-corrected chi connectivity index (χ1v) is 9.42. The van der Waals surface area contributed by atoms with Crippen molar-refractivity contribution in [3.05, 3.63) is 65.6 Å². The van der Waals surface area contributed by atoms with Crippen molar-refractivity contribution in [1.82, 2.24) is 0 Å². The zero-order valence-corrected chi connectivity index (χ0v) is 16.8. The van der Waals surface area contributed by atoms with E-state index < -0.39 is 0 Å². The van der Waals surface area contributed by atoms with Gasteiger partial charge in [-0.25, -0.2) is 0 Å². The maximum atomic E-state index is 5.82. The first-order valence-electron chi connectivity index (χ1n) is 9.42. The van der Waals surface area contributed by atoms with Crippen LogP contribution in [-0.4, -0.2) is 19.9 Å². The molecule has 26 heavy (non-hydrogen) atoms. The largest absolute Gasteiger partial charge is 0.494 e. The fraction of sp³-hybridized carbons (Fsp3) is 0.435. The summed E-state index contributed by atoms with van der Waals surface area (Å²) in [4.78, 5) is 4.02. The number of ether oxygens (including phenoxy) is 2. The quantitative estimate of drug-likeness (QED) is 0.195. The minimum absolute atomic E-state index is 0.316. The highest BCUT2D eigenvalue weighted by Crippen LogP contribution is 2.22. The lowest BCUT2D eigenvalue weighted by atomic mass is 9.98. The third-order valence-electron chi connectivity index (χ3n) is 4.08. The predicted octanol–water partition coefficient (Wildman–Crippen LogP) is 6.13. The normalized spacial score (nSPS) is 13.6. The van der Waals surface area contributed by atoms with Crippen LogP contribution in [0.2, 0.25) is 0 Å². The van der Waals surface area contributed by atoms with Crippen molar-refractivity contribution in [2.45, 2.75) is 47.0 Å². The number of unbranched alkanes of at least 4 members (excludes halogenated alkanes) is 1. The Kier molecular flexibility index (Phi) is 10.1. The van der Waals surface area contributed by atoms with Crippen LogP contribution in [0.5, 0.6) is 5.75 Å². The van der Waals surface area contributed by atoms with E-state index in [9.17, 15) is 0 Å². The van der Waals surface area contributed by atoms with Gasteiger partial charge in [0.15, 0.2) is 0 Å². The third kappa shape index (κ3) is 7.30. The molecular formula is C23H33NO2. The van der Waals surface area contributed by atoms with Crippen LogP contribution >= 0.6 is 0 Å². The lowest BCUT2D eigenvalue weighted by Crippen LogP contribution is -2.03. The second-order valence-electron chi connectivity index (χ2n) is 6.35. The first-order chi connectivity index (χ1) is 12.5. The van der Waals surface area contributed by atoms with Crippen molar-refractivity contribution in [2.24, 2.45) is 10.9 Å². The minimum Gasteiger partial charge on any atom is -0.494 e. The first kappa shape index (κ1) is 21.8. The highest BCUT2D eigenvalue weighted by Gasteiger charge is 2.10. The van der Waals surface area contributed by atoms with Crippen molar-refractivity contribution in [3.63, 3.8) is 0 Å². The van der Waals surface area contributed by atoms with Crippen LogP contribution < -0.4 is 4.74 Å². The molecule has 1 unspecified atom stereocenters. The minimum atomic E-state index is 0.316. The number of hydrogen-bond acceptors (Lipinski definition) is 3. The summed E-state index contributed by atoms with van der Waals surface area (Å²) in [7, 11) is 0. The molecule has 0 aliphatic heterocycles. The Balaban J connectivity index is 2.83. The highest BCUT2D eigenvalue weighted by atomic mass is 16.5. The van der Waals surface area contributed by atoms with Gasteiger partial charge in [-0.1, -0.05) is 45.1 Å². The predicted molar refractivity (Wildman–Crippen MR) is 112 cm³/mol. The van der Waals surface area contributed by atoms with Crippen LogP contribution in [0, 0.1) is 5.92 Å². The highest BCUT2D eigenvalue weighted by molar-refractivity contribution is 5.42. The second-order valence-corrected chi connectivity index (χ2v) is 6.35. The molecule has 1 aromatic carbocycles. The molecule has 0 aromatic heterocycles. The van der Waals surface area contributed by atoms with Gasteiger partial charge in [0, 0.05) is 11.3 Å².